The van der Waals surface area contributed by atoms with Crippen LogP contribution in [0.3, 0.4) is 0 Å². The number of nitrogens with zero attached hydrogens (tertiary/aromatic N) is 2. The van der Waals surface area contributed by atoms with Crippen LogP contribution in [-0.2, 0) is 25.7 Å². The second-order valence-corrected chi connectivity index (χ2v) is 14.7. The number of aromatic hydroxyl groups is 2. The van der Waals surface area contributed by atoms with Gasteiger partial charge in [-0.05, 0) is 148 Å². The lowest BCUT2D eigenvalue weighted by Crippen LogP contribution is -2.47. The van der Waals surface area contributed by atoms with Crippen molar-refractivity contribution in [3.8, 4) is 11.5 Å². The Labute approximate surface area is 305 Å². The third-order valence-corrected chi connectivity index (χ3v) is 9.74. The molecule has 0 unspecified atom stereocenters. The van der Waals surface area contributed by atoms with E-state index in [2.05, 4.69) is 54.0 Å². The fourth-order valence-electron chi connectivity index (χ4n) is 5.28. The maximum Gasteiger partial charge on any atom is 0.315 e. The van der Waals surface area contributed by atoms with Gasteiger partial charge in [0.05, 0.1) is 0 Å². The standard InChI is InChI=1S/2C19H27N3O2S/c2*1-14(10-16-8-9-25-13-16)21-19(24)20-12-17(22(2)3)11-15-4-6-18(23)7-5-15/h2*4-9,13-14,17,23H,10-12H2,1-3H3,(H2,20,21,24)/t14-,17+;14-,17-/m10/s1. The molecule has 0 aliphatic carbocycles. The first-order valence-electron chi connectivity index (χ1n) is 16.9. The van der Waals surface area contributed by atoms with Gasteiger partial charge in [0.25, 0.3) is 0 Å². The van der Waals surface area contributed by atoms with Crippen LogP contribution < -0.4 is 21.3 Å². The van der Waals surface area contributed by atoms with Gasteiger partial charge in [0, 0.05) is 37.3 Å². The fourth-order valence-corrected chi connectivity index (χ4v) is 6.64. The quantitative estimate of drug-likeness (QED) is 0.0880. The van der Waals surface area contributed by atoms with E-state index in [0.29, 0.717) is 13.1 Å². The molecule has 0 aliphatic heterocycles. The summed E-state index contributed by atoms with van der Waals surface area (Å²) in [5.41, 5.74) is 4.75. The number of rotatable bonds is 16. The number of amides is 4. The Hall–Kier alpha value is -4.10. The smallest absolute Gasteiger partial charge is 0.315 e. The first-order chi connectivity index (χ1) is 23.9. The lowest BCUT2D eigenvalue weighted by atomic mass is 10.0. The van der Waals surface area contributed by atoms with Crippen molar-refractivity contribution in [2.75, 3.05) is 41.3 Å². The summed E-state index contributed by atoms with van der Waals surface area (Å²) in [4.78, 5) is 28.5. The number of carbonyl (C=O) groups excluding carboxylic acids is 2. The van der Waals surface area contributed by atoms with Gasteiger partial charge in [-0.3, -0.25) is 0 Å². The lowest BCUT2D eigenvalue weighted by Gasteiger charge is -2.25. The summed E-state index contributed by atoms with van der Waals surface area (Å²) >= 11 is 3.34. The molecule has 0 saturated heterocycles. The van der Waals surface area contributed by atoms with Gasteiger partial charge < -0.3 is 41.3 Å². The summed E-state index contributed by atoms with van der Waals surface area (Å²) in [6, 6.07) is 18.8. The molecule has 2 aromatic heterocycles. The van der Waals surface area contributed by atoms with Gasteiger partial charge in [-0.1, -0.05) is 24.3 Å². The molecule has 50 heavy (non-hydrogen) atoms. The molecule has 0 saturated carbocycles. The van der Waals surface area contributed by atoms with Gasteiger partial charge in [0.1, 0.15) is 11.5 Å². The molecule has 0 aliphatic rings. The number of urea groups is 2. The maximum atomic E-state index is 12.1. The molecular weight excluding hydrogens is 669 g/mol. The lowest BCUT2D eigenvalue weighted by molar-refractivity contribution is 0.228. The molecular formula is C38H54N6O4S2. The van der Waals surface area contributed by atoms with Gasteiger partial charge in [-0.2, -0.15) is 22.7 Å². The summed E-state index contributed by atoms with van der Waals surface area (Å²) in [5.74, 6) is 0.532. The van der Waals surface area contributed by atoms with Crippen molar-refractivity contribution in [3.63, 3.8) is 0 Å². The van der Waals surface area contributed by atoms with E-state index >= 15 is 0 Å². The second-order valence-electron chi connectivity index (χ2n) is 13.2. The predicted octanol–water partition coefficient (Wildman–Crippen LogP) is 5.71. The van der Waals surface area contributed by atoms with Crippen LogP contribution in [0.5, 0.6) is 11.5 Å². The minimum atomic E-state index is -0.139. The summed E-state index contributed by atoms with van der Waals surface area (Å²) < 4.78 is 0. The van der Waals surface area contributed by atoms with E-state index in [1.54, 1.807) is 46.9 Å². The van der Waals surface area contributed by atoms with E-state index in [1.165, 1.54) is 11.1 Å². The molecule has 4 rings (SSSR count). The van der Waals surface area contributed by atoms with Crippen LogP contribution in [-0.4, -0.2) is 97.5 Å². The zero-order valence-electron chi connectivity index (χ0n) is 30.1. The second kappa shape index (κ2) is 21.2. The monoisotopic (exact) mass is 722 g/mol. The molecule has 10 nitrogen and oxygen atoms in total. The number of hydrogen-bond donors (Lipinski definition) is 6. The Bertz CT molecular complexity index is 1400. The van der Waals surface area contributed by atoms with Crippen LogP contribution >= 0.6 is 22.7 Å². The molecule has 4 aromatic rings. The number of hydrogen-bond acceptors (Lipinski definition) is 8. The molecule has 6 N–H and O–H groups in total. The summed E-state index contributed by atoms with van der Waals surface area (Å²) in [5, 5.41) is 39.0. The van der Waals surface area contributed by atoms with E-state index < -0.39 is 0 Å². The van der Waals surface area contributed by atoms with Crippen LogP contribution in [0, 0.1) is 0 Å². The molecule has 12 heteroatoms. The Balaban J connectivity index is 0.000000270. The fraction of sp³-hybridized carbons (Fsp3) is 0.421. The van der Waals surface area contributed by atoms with Gasteiger partial charge in [0.2, 0.25) is 0 Å². The minimum absolute atomic E-state index is 0.0875. The highest BCUT2D eigenvalue weighted by Crippen LogP contribution is 2.14. The van der Waals surface area contributed by atoms with Crippen molar-refractivity contribution in [1.29, 1.82) is 0 Å². The average molecular weight is 723 g/mol. The molecule has 0 fully saturated rings. The number of nitrogens with one attached hydrogen (secondary N) is 4. The van der Waals surface area contributed by atoms with Crippen LogP contribution in [0.4, 0.5) is 9.59 Å². The first kappa shape index (κ1) is 40.3. The van der Waals surface area contributed by atoms with Crippen molar-refractivity contribution >= 4 is 34.7 Å². The largest absolute Gasteiger partial charge is 0.508 e. The zero-order chi connectivity index (χ0) is 36.5. The summed E-state index contributed by atoms with van der Waals surface area (Å²) in [6.07, 6.45) is 3.28. The highest BCUT2D eigenvalue weighted by atomic mass is 32.1. The van der Waals surface area contributed by atoms with E-state index in [4.69, 9.17) is 0 Å². The summed E-state index contributed by atoms with van der Waals surface area (Å²) in [7, 11) is 8.02. The van der Waals surface area contributed by atoms with E-state index in [9.17, 15) is 19.8 Å². The third-order valence-electron chi connectivity index (χ3n) is 8.27. The van der Waals surface area contributed by atoms with Crippen LogP contribution in [0.1, 0.15) is 36.1 Å². The molecule has 0 radical (unpaired) electrons. The predicted molar refractivity (Wildman–Crippen MR) is 207 cm³/mol. The normalized spacial score (nSPS) is 13.4. The van der Waals surface area contributed by atoms with Crippen molar-refractivity contribution in [2.45, 2.75) is 63.7 Å². The minimum Gasteiger partial charge on any atom is -0.508 e. The molecule has 4 amide bonds. The molecule has 0 spiro atoms. The van der Waals surface area contributed by atoms with Crippen LogP contribution in [0.25, 0.3) is 0 Å². The zero-order valence-corrected chi connectivity index (χ0v) is 31.7. The molecule has 4 atom stereocenters. The van der Waals surface area contributed by atoms with E-state index in [0.717, 1.165) is 36.8 Å². The number of phenolic OH excluding ortho intramolecular Hbond substituents is 2. The van der Waals surface area contributed by atoms with Crippen LogP contribution in [0.2, 0.25) is 0 Å². The number of thiophene rings is 2. The molecule has 0 bridgehead atoms. The number of phenols is 2. The SMILES string of the molecule is C[C@@H](Cc1ccsc1)NC(=O)NC[C@H](Cc1ccc(O)cc1)N(C)C.C[C@H](Cc1ccsc1)NC(=O)NC[C@H](Cc1ccc(O)cc1)N(C)C. The highest BCUT2D eigenvalue weighted by molar-refractivity contribution is 7.08. The average Bonchev–Trinajstić information content (AvgIpc) is 3.77. The van der Waals surface area contributed by atoms with Crippen molar-refractivity contribution < 1.29 is 19.8 Å². The maximum absolute atomic E-state index is 12.1. The summed E-state index contributed by atoms with van der Waals surface area (Å²) in [6.45, 7) is 5.14. The van der Waals surface area contributed by atoms with E-state index in [-0.39, 0.29) is 47.7 Å². The topological polar surface area (TPSA) is 129 Å². The van der Waals surface area contributed by atoms with Crippen molar-refractivity contribution in [1.82, 2.24) is 31.1 Å². The molecule has 272 valence electrons. The first-order valence-corrected chi connectivity index (χ1v) is 18.8. The Morgan fingerprint density at radius 1 is 0.580 bits per heavy atom. The molecule has 2 heterocycles. The number of benzene rings is 2. The highest BCUT2D eigenvalue weighted by Gasteiger charge is 2.16. The Morgan fingerprint density at radius 3 is 1.24 bits per heavy atom. The number of carbonyl (C=O) groups is 2. The van der Waals surface area contributed by atoms with Crippen molar-refractivity contribution in [3.05, 3.63) is 104 Å². The van der Waals surface area contributed by atoms with E-state index in [1.807, 2.05) is 77.1 Å². The van der Waals surface area contributed by atoms with Crippen LogP contribution in [0.15, 0.2) is 82.2 Å². The Kier molecular flexibility index (Phi) is 17.1. The van der Waals surface area contributed by atoms with Gasteiger partial charge >= 0.3 is 12.1 Å². The van der Waals surface area contributed by atoms with Gasteiger partial charge in [-0.25, -0.2) is 9.59 Å². The Morgan fingerprint density at radius 2 is 0.940 bits per heavy atom. The van der Waals surface area contributed by atoms with Gasteiger partial charge in [-0.15, -0.1) is 0 Å². The number of likely N-dealkylation sites (N-methyl/N-ethyl adjacent to an activating group) is 2. The van der Waals surface area contributed by atoms with Gasteiger partial charge in [0.15, 0.2) is 0 Å². The molecule has 2 aromatic carbocycles. The van der Waals surface area contributed by atoms with Crippen molar-refractivity contribution in [2.24, 2.45) is 0 Å². The third kappa shape index (κ3) is 15.6.